The molecule has 0 aliphatic rings. The number of rotatable bonds is 8. The van der Waals surface area contributed by atoms with Crippen LogP contribution in [0.15, 0.2) is 39.7 Å². The maximum atomic E-state index is 12.0. The van der Waals surface area contributed by atoms with E-state index in [1.165, 1.54) is 18.4 Å². The molecule has 1 aromatic carbocycles. The summed E-state index contributed by atoms with van der Waals surface area (Å²) in [6.45, 7) is 1.46. The van der Waals surface area contributed by atoms with Gasteiger partial charge in [-0.2, -0.15) is 0 Å². The van der Waals surface area contributed by atoms with Crippen LogP contribution in [-0.4, -0.2) is 22.8 Å². The molecule has 2 aromatic rings. The van der Waals surface area contributed by atoms with Crippen molar-refractivity contribution in [3.8, 4) is 17.2 Å². The summed E-state index contributed by atoms with van der Waals surface area (Å²) in [7, 11) is 0. The first-order valence-electron chi connectivity index (χ1n) is 7.49. The lowest BCUT2D eigenvalue weighted by atomic mass is 10.2. The van der Waals surface area contributed by atoms with Gasteiger partial charge in [0.25, 0.3) is 5.75 Å². The molecular formula is C17H18O7. The Kier molecular flexibility index (Phi) is 5.83. The number of fused-ring (bicyclic) bond motifs is 1. The van der Waals surface area contributed by atoms with Crippen molar-refractivity contribution in [2.75, 3.05) is 6.61 Å². The van der Waals surface area contributed by atoms with Crippen molar-refractivity contribution in [3.63, 3.8) is 0 Å². The smallest absolute Gasteiger partial charge is 0.383 e. The summed E-state index contributed by atoms with van der Waals surface area (Å²) in [5, 5.41) is 19.1. The molecule has 1 aromatic heterocycles. The van der Waals surface area contributed by atoms with Gasteiger partial charge in [-0.25, -0.2) is 9.59 Å². The van der Waals surface area contributed by atoms with Crippen LogP contribution in [-0.2, 0) is 4.79 Å². The minimum Gasteiger partial charge on any atom is -0.504 e. The Bertz CT molecular complexity index is 804. The molecule has 0 saturated heterocycles. The molecule has 2 N–H and O–H groups in total. The average Bonchev–Trinajstić information content (AvgIpc) is 2.55. The number of aromatic hydroxyl groups is 1. The first-order valence-corrected chi connectivity index (χ1v) is 7.49. The fourth-order valence-electron chi connectivity index (χ4n) is 2.03. The van der Waals surface area contributed by atoms with Crippen molar-refractivity contribution < 1.29 is 28.9 Å². The van der Waals surface area contributed by atoms with Crippen LogP contribution in [0.4, 0.5) is 0 Å². The molecule has 0 atom stereocenters. The maximum absolute atomic E-state index is 12.0. The fraction of sp³-hybridized carbons (Fsp3) is 0.294. The van der Waals surface area contributed by atoms with Gasteiger partial charge in [0.05, 0.1) is 11.6 Å². The zero-order chi connectivity index (χ0) is 17.5. The number of hydrogen-bond donors (Lipinski definition) is 2. The van der Waals surface area contributed by atoms with E-state index in [0.29, 0.717) is 0 Å². The van der Waals surface area contributed by atoms with Gasteiger partial charge in [0.15, 0.2) is 23.7 Å². The Morgan fingerprint density at radius 3 is 2.88 bits per heavy atom. The van der Waals surface area contributed by atoms with Crippen LogP contribution in [0.2, 0.25) is 0 Å². The van der Waals surface area contributed by atoms with Gasteiger partial charge in [0, 0.05) is 0 Å². The van der Waals surface area contributed by atoms with Crippen molar-refractivity contribution in [1.29, 1.82) is 0 Å². The Labute approximate surface area is 137 Å². The molecule has 0 radical (unpaired) electrons. The summed E-state index contributed by atoms with van der Waals surface area (Å²) in [5.41, 5.74) is -0.921. The molecule has 0 saturated carbocycles. The minimum absolute atomic E-state index is 0.0384. The van der Waals surface area contributed by atoms with E-state index >= 15 is 0 Å². The first kappa shape index (κ1) is 17.4. The third-order valence-corrected chi connectivity index (χ3v) is 3.19. The number of benzene rings is 1. The van der Waals surface area contributed by atoms with E-state index < -0.39 is 18.2 Å². The highest BCUT2D eigenvalue weighted by molar-refractivity contribution is 5.89. The van der Waals surface area contributed by atoms with Crippen LogP contribution in [0.1, 0.15) is 26.2 Å². The Morgan fingerprint density at radius 2 is 2.17 bits per heavy atom. The largest absolute Gasteiger partial charge is 0.504 e. The van der Waals surface area contributed by atoms with Gasteiger partial charge in [-0.05, 0) is 31.1 Å². The number of unbranched alkanes of at least 4 members (excludes halogenated alkanes) is 2. The summed E-state index contributed by atoms with van der Waals surface area (Å²) in [5.74, 6) is -1.84. The van der Waals surface area contributed by atoms with Gasteiger partial charge in [0.2, 0.25) is 0 Å². The molecule has 0 fully saturated rings. The number of carboxylic acid groups (broad SMARTS) is 1. The van der Waals surface area contributed by atoms with Gasteiger partial charge in [0.1, 0.15) is 0 Å². The number of para-hydroxylation sites is 1. The third-order valence-electron chi connectivity index (χ3n) is 3.19. The normalized spacial score (nSPS) is 11.0. The van der Waals surface area contributed by atoms with E-state index in [4.69, 9.17) is 19.0 Å². The highest BCUT2D eigenvalue weighted by Gasteiger charge is 2.18. The first-order chi connectivity index (χ1) is 11.5. The molecule has 2 rings (SSSR count). The Morgan fingerprint density at radius 1 is 1.38 bits per heavy atom. The third kappa shape index (κ3) is 4.07. The SMILES string of the molecule is CCCC/C=C/Oc1c(O)c2cccc(OCC(=O)O)c2oc1=O. The van der Waals surface area contributed by atoms with Gasteiger partial charge < -0.3 is 24.1 Å². The fourth-order valence-corrected chi connectivity index (χ4v) is 2.03. The number of carboxylic acids is 1. The zero-order valence-corrected chi connectivity index (χ0v) is 13.2. The summed E-state index contributed by atoms with van der Waals surface area (Å²) in [4.78, 5) is 22.6. The zero-order valence-electron chi connectivity index (χ0n) is 13.2. The van der Waals surface area contributed by atoms with Crippen molar-refractivity contribution in [1.82, 2.24) is 0 Å². The van der Waals surface area contributed by atoms with Crippen molar-refractivity contribution in [2.45, 2.75) is 26.2 Å². The van der Waals surface area contributed by atoms with Gasteiger partial charge in [-0.1, -0.05) is 19.4 Å². The standard InChI is InChI=1S/C17H18O7/c1-2-3-4-5-9-22-16-14(20)11-7-6-8-12(23-10-13(18)19)15(11)24-17(16)21/h5-9,20H,2-4,10H2,1H3,(H,18,19)/b9-5+. The summed E-state index contributed by atoms with van der Waals surface area (Å²) >= 11 is 0. The molecule has 7 heteroatoms. The number of hydrogen-bond acceptors (Lipinski definition) is 6. The quantitative estimate of drug-likeness (QED) is 0.434. The van der Waals surface area contributed by atoms with Crippen LogP contribution < -0.4 is 15.1 Å². The maximum Gasteiger partial charge on any atom is 0.383 e. The van der Waals surface area contributed by atoms with Crippen LogP contribution >= 0.6 is 0 Å². The Hall–Kier alpha value is -2.96. The lowest BCUT2D eigenvalue weighted by molar-refractivity contribution is -0.139. The van der Waals surface area contributed by atoms with Gasteiger partial charge in [-0.15, -0.1) is 0 Å². The van der Waals surface area contributed by atoms with E-state index in [-0.39, 0.29) is 28.2 Å². The van der Waals surface area contributed by atoms with Crippen LogP contribution in [0, 0.1) is 0 Å². The summed E-state index contributed by atoms with van der Waals surface area (Å²) < 4.78 is 15.4. The average molecular weight is 334 g/mol. The molecule has 0 amide bonds. The van der Waals surface area contributed by atoms with Crippen LogP contribution in [0.5, 0.6) is 17.2 Å². The van der Waals surface area contributed by atoms with Crippen LogP contribution in [0.25, 0.3) is 11.0 Å². The lowest BCUT2D eigenvalue weighted by Gasteiger charge is -2.09. The molecule has 0 spiro atoms. The van der Waals surface area contributed by atoms with Crippen molar-refractivity contribution >= 4 is 16.9 Å². The minimum atomic E-state index is -1.17. The van der Waals surface area contributed by atoms with E-state index in [2.05, 4.69) is 6.92 Å². The monoisotopic (exact) mass is 334 g/mol. The summed E-state index contributed by atoms with van der Waals surface area (Å²) in [6, 6.07) is 4.49. The highest BCUT2D eigenvalue weighted by Crippen LogP contribution is 2.35. The van der Waals surface area contributed by atoms with E-state index in [0.717, 1.165) is 19.3 Å². The number of allylic oxidation sites excluding steroid dienone is 1. The second-order valence-corrected chi connectivity index (χ2v) is 5.01. The van der Waals surface area contributed by atoms with Crippen molar-refractivity contribution in [3.05, 3.63) is 41.0 Å². The molecule has 0 unspecified atom stereocenters. The molecule has 0 aliphatic carbocycles. The number of ether oxygens (including phenoxy) is 2. The predicted molar refractivity (Wildman–Crippen MR) is 86.6 cm³/mol. The second kappa shape index (κ2) is 8.05. The second-order valence-electron chi connectivity index (χ2n) is 5.01. The predicted octanol–water partition coefficient (Wildman–Crippen LogP) is 3.04. The molecule has 24 heavy (non-hydrogen) atoms. The van der Waals surface area contributed by atoms with Gasteiger partial charge in [-0.3, -0.25) is 0 Å². The van der Waals surface area contributed by atoms with E-state index in [1.54, 1.807) is 12.1 Å². The summed E-state index contributed by atoms with van der Waals surface area (Å²) in [6.07, 6.45) is 5.90. The molecule has 7 nitrogen and oxygen atoms in total. The lowest BCUT2D eigenvalue weighted by Crippen LogP contribution is -2.10. The van der Waals surface area contributed by atoms with E-state index in [1.807, 2.05) is 0 Å². The molecule has 0 bridgehead atoms. The number of aliphatic carboxylic acids is 1. The van der Waals surface area contributed by atoms with Crippen molar-refractivity contribution in [2.24, 2.45) is 0 Å². The van der Waals surface area contributed by atoms with Crippen LogP contribution in [0.3, 0.4) is 0 Å². The molecule has 128 valence electrons. The topological polar surface area (TPSA) is 106 Å². The Balaban J connectivity index is 2.34. The van der Waals surface area contributed by atoms with Gasteiger partial charge >= 0.3 is 11.6 Å². The molecular weight excluding hydrogens is 316 g/mol. The number of carbonyl (C=O) groups is 1. The molecule has 1 heterocycles. The molecule has 0 aliphatic heterocycles. The highest BCUT2D eigenvalue weighted by atomic mass is 16.5. The van der Waals surface area contributed by atoms with E-state index in [9.17, 15) is 14.7 Å².